The van der Waals surface area contributed by atoms with Crippen LogP contribution in [0.25, 0.3) is 0 Å². The Bertz CT molecular complexity index is 899. The molecule has 1 heterocycles. The van der Waals surface area contributed by atoms with Crippen molar-refractivity contribution in [3.05, 3.63) is 82.9 Å². The minimum atomic E-state index is 0.529. The number of aromatic nitrogens is 1. The molecule has 0 amide bonds. The largest absolute Gasteiger partial charge is 0.384 e. The lowest BCUT2D eigenvalue weighted by Gasteiger charge is -2.18. The van der Waals surface area contributed by atoms with Crippen LogP contribution in [0.5, 0.6) is 0 Å². The van der Waals surface area contributed by atoms with Crippen LogP contribution in [0, 0.1) is 6.92 Å². The van der Waals surface area contributed by atoms with E-state index in [9.17, 15) is 0 Å². The molecule has 0 radical (unpaired) electrons. The summed E-state index contributed by atoms with van der Waals surface area (Å²) in [7, 11) is 2.13. The van der Waals surface area contributed by atoms with Crippen LogP contribution in [0.4, 0.5) is 17.3 Å². The Morgan fingerprint density at radius 1 is 0.929 bits per heavy atom. The predicted molar refractivity (Wildman–Crippen MR) is 119 cm³/mol. The van der Waals surface area contributed by atoms with Gasteiger partial charge in [0.05, 0.1) is 0 Å². The second-order valence-corrected chi connectivity index (χ2v) is 7.85. The molecule has 0 spiro atoms. The first-order valence-corrected chi connectivity index (χ1v) is 9.76. The van der Waals surface area contributed by atoms with Gasteiger partial charge >= 0.3 is 0 Å². The third-order valence-electron chi connectivity index (χ3n) is 4.78. The molecule has 2 aromatic carbocycles. The average molecular weight is 375 g/mol. The predicted octanol–water partition coefficient (Wildman–Crippen LogP) is 5.47. The van der Waals surface area contributed by atoms with E-state index in [1.54, 1.807) is 0 Å². The van der Waals surface area contributed by atoms with Gasteiger partial charge in [-0.3, -0.25) is 4.90 Å². The van der Waals surface area contributed by atoms with Gasteiger partial charge in [-0.25, -0.2) is 4.98 Å². The molecule has 4 nitrogen and oxygen atoms in total. The lowest BCUT2D eigenvalue weighted by atomic mass is 10.0. The van der Waals surface area contributed by atoms with Crippen LogP contribution in [0.3, 0.4) is 0 Å². The third-order valence-corrected chi connectivity index (χ3v) is 4.78. The molecule has 0 unspecified atom stereocenters. The number of nitrogens with two attached hydrogens (primary N) is 1. The highest BCUT2D eigenvalue weighted by atomic mass is 15.1. The average Bonchev–Trinajstić information content (AvgIpc) is 2.63. The molecule has 0 saturated heterocycles. The van der Waals surface area contributed by atoms with Gasteiger partial charge in [-0.15, -0.1) is 0 Å². The molecule has 3 rings (SSSR count). The first-order valence-electron chi connectivity index (χ1n) is 9.76. The maximum Gasteiger partial charge on any atom is 0.133 e. The summed E-state index contributed by atoms with van der Waals surface area (Å²) in [4.78, 5) is 6.70. The monoisotopic (exact) mass is 374 g/mol. The van der Waals surface area contributed by atoms with Crippen molar-refractivity contribution in [2.75, 3.05) is 18.1 Å². The summed E-state index contributed by atoms with van der Waals surface area (Å²) in [5.41, 5.74) is 12.1. The first-order chi connectivity index (χ1) is 13.4. The number of hydrogen-bond acceptors (Lipinski definition) is 4. The Morgan fingerprint density at radius 2 is 1.57 bits per heavy atom. The van der Waals surface area contributed by atoms with Gasteiger partial charge in [-0.2, -0.15) is 0 Å². The van der Waals surface area contributed by atoms with Crippen molar-refractivity contribution in [1.82, 2.24) is 9.88 Å². The van der Waals surface area contributed by atoms with Crippen molar-refractivity contribution in [3.8, 4) is 0 Å². The molecule has 3 aromatic rings. The fourth-order valence-electron chi connectivity index (χ4n) is 3.24. The molecule has 0 aliphatic heterocycles. The number of rotatable bonds is 7. The zero-order valence-corrected chi connectivity index (χ0v) is 17.2. The van der Waals surface area contributed by atoms with E-state index in [1.165, 1.54) is 16.7 Å². The minimum absolute atomic E-state index is 0.529. The molecule has 3 N–H and O–H groups in total. The number of anilines is 3. The summed E-state index contributed by atoms with van der Waals surface area (Å²) in [6, 6.07) is 21.1. The summed E-state index contributed by atoms with van der Waals surface area (Å²) >= 11 is 0. The topological polar surface area (TPSA) is 54.2 Å². The van der Waals surface area contributed by atoms with Crippen LogP contribution in [0.1, 0.15) is 42.0 Å². The van der Waals surface area contributed by atoms with E-state index in [2.05, 4.69) is 85.5 Å². The number of nitrogens with zero attached hydrogens (tertiary/aromatic N) is 2. The van der Waals surface area contributed by atoms with Crippen molar-refractivity contribution < 1.29 is 0 Å². The number of aryl methyl sites for hydroxylation is 1. The highest BCUT2D eigenvalue weighted by molar-refractivity contribution is 5.59. The number of hydrogen-bond donors (Lipinski definition) is 2. The molecule has 0 aliphatic carbocycles. The second kappa shape index (κ2) is 8.89. The van der Waals surface area contributed by atoms with Crippen LogP contribution in [-0.2, 0) is 13.1 Å². The molecule has 1 aromatic heterocycles. The Kier molecular flexibility index (Phi) is 6.32. The number of nitrogen functional groups attached to an aromatic ring is 1. The van der Waals surface area contributed by atoms with Gasteiger partial charge in [0.25, 0.3) is 0 Å². The summed E-state index contributed by atoms with van der Waals surface area (Å²) in [5.74, 6) is 1.86. The summed E-state index contributed by atoms with van der Waals surface area (Å²) < 4.78 is 0. The van der Waals surface area contributed by atoms with Gasteiger partial charge < -0.3 is 11.1 Å². The van der Waals surface area contributed by atoms with Crippen molar-refractivity contribution >= 4 is 17.3 Å². The van der Waals surface area contributed by atoms with Gasteiger partial charge in [0.1, 0.15) is 11.6 Å². The van der Waals surface area contributed by atoms with E-state index in [0.717, 1.165) is 30.2 Å². The quantitative estimate of drug-likeness (QED) is 0.576. The molecular weight excluding hydrogens is 344 g/mol. The number of benzene rings is 2. The van der Waals surface area contributed by atoms with Gasteiger partial charge in [-0.1, -0.05) is 55.8 Å². The fourth-order valence-corrected chi connectivity index (χ4v) is 3.24. The molecule has 0 aliphatic rings. The van der Waals surface area contributed by atoms with Gasteiger partial charge in [-0.05, 0) is 60.8 Å². The van der Waals surface area contributed by atoms with Crippen molar-refractivity contribution in [2.45, 2.75) is 39.8 Å². The van der Waals surface area contributed by atoms with E-state index in [0.29, 0.717) is 11.7 Å². The van der Waals surface area contributed by atoms with Crippen LogP contribution in [-0.4, -0.2) is 16.9 Å². The van der Waals surface area contributed by atoms with Crippen molar-refractivity contribution in [1.29, 1.82) is 0 Å². The summed E-state index contributed by atoms with van der Waals surface area (Å²) in [6.45, 7) is 8.21. The maximum absolute atomic E-state index is 6.04. The summed E-state index contributed by atoms with van der Waals surface area (Å²) in [5, 5.41) is 3.34. The highest BCUT2D eigenvalue weighted by Gasteiger charge is 2.07. The number of pyridine rings is 1. The fraction of sp³-hybridized carbons (Fsp3) is 0.292. The minimum Gasteiger partial charge on any atom is -0.384 e. The zero-order chi connectivity index (χ0) is 20.1. The van der Waals surface area contributed by atoms with Crippen LogP contribution in [0.15, 0.2) is 60.7 Å². The molecule has 0 saturated carbocycles. The van der Waals surface area contributed by atoms with E-state index in [-0.39, 0.29) is 0 Å². The molecule has 0 fully saturated rings. The Labute approximate surface area is 168 Å². The van der Waals surface area contributed by atoms with Crippen LogP contribution < -0.4 is 11.1 Å². The van der Waals surface area contributed by atoms with Crippen LogP contribution >= 0.6 is 0 Å². The highest BCUT2D eigenvalue weighted by Crippen LogP contribution is 2.20. The first kappa shape index (κ1) is 19.9. The molecule has 0 bridgehead atoms. The lowest BCUT2D eigenvalue weighted by molar-refractivity contribution is 0.319. The van der Waals surface area contributed by atoms with Gasteiger partial charge in [0.15, 0.2) is 0 Å². The Morgan fingerprint density at radius 3 is 2.21 bits per heavy atom. The van der Waals surface area contributed by atoms with E-state index >= 15 is 0 Å². The lowest BCUT2D eigenvalue weighted by Crippen LogP contribution is -2.17. The standard InChI is InChI=1S/C24H30N4/c1-17(2)21-9-7-19(8-10-21)15-28(4)16-20-13-23(25)27-24(14-20)26-22-11-5-18(3)6-12-22/h5-14,17H,15-16H2,1-4H3,(H3,25,26,27). The molecule has 0 atom stereocenters. The van der Waals surface area contributed by atoms with Gasteiger partial charge in [0.2, 0.25) is 0 Å². The SMILES string of the molecule is Cc1ccc(Nc2cc(CN(C)Cc3ccc(C(C)C)cc3)cc(N)n2)cc1. The van der Waals surface area contributed by atoms with E-state index in [1.807, 2.05) is 18.2 Å². The Hall–Kier alpha value is -2.85. The van der Waals surface area contributed by atoms with Crippen molar-refractivity contribution in [3.63, 3.8) is 0 Å². The third kappa shape index (κ3) is 5.57. The molecular formula is C24H30N4. The summed E-state index contributed by atoms with van der Waals surface area (Å²) in [6.07, 6.45) is 0. The normalized spacial score (nSPS) is 11.2. The maximum atomic E-state index is 6.04. The zero-order valence-electron chi connectivity index (χ0n) is 17.2. The Balaban J connectivity index is 1.65. The molecule has 4 heteroatoms. The molecule has 146 valence electrons. The molecule has 28 heavy (non-hydrogen) atoms. The van der Waals surface area contributed by atoms with Crippen molar-refractivity contribution in [2.24, 2.45) is 0 Å². The van der Waals surface area contributed by atoms with Crippen LogP contribution in [0.2, 0.25) is 0 Å². The van der Waals surface area contributed by atoms with E-state index in [4.69, 9.17) is 5.73 Å². The number of nitrogens with one attached hydrogen (secondary N) is 1. The van der Waals surface area contributed by atoms with E-state index < -0.39 is 0 Å². The second-order valence-electron chi connectivity index (χ2n) is 7.85. The smallest absolute Gasteiger partial charge is 0.133 e. The van der Waals surface area contributed by atoms with Gasteiger partial charge in [0, 0.05) is 18.8 Å².